The van der Waals surface area contributed by atoms with E-state index in [1.54, 1.807) is 0 Å². The van der Waals surface area contributed by atoms with Gasteiger partial charge in [0.2, 0.25) is 0 Å². The molecule has 0 amide bonds. The molecule has 0 spiro atoms. The van der Waals surface area contributed by atoms with Crippen LogP contribution in [0.4, 0.5) is 0 Å². The monoisotopic (exact) mass is 370 g/mol. The van der Waals surface area contributed by atoms with E-state index in [2.05, 4.69) is 56.2 Å². The average Bonchev–Trinajstić information content (AvgIpc) is 3.04. The fourth-order valence-corrected chi connectivity index (χ4v) is 6.87. The molecule has 0 aromatic rings. The number of allylic oxidation sites excluding steroid dienone is 4. The molecule has 4 aliphatic carbocycles. The molecule has 2 fully saturated rings. The topological polar surface area (TPSA) is 0 Å². The smallest absolute Gasteiger partial charge is 0.00343 e. The zero-order valence-corrected chi connectivity index (χ0v) is 13.7. The van der Waals surface area contributed by atoms with Gasteiger partial charge in [-0.05, 0) is 60.2 Å². The summed E-state index contributed by atoms with van der Waals surface area (Å²) in [4.78, 5) is 0. The second kappa shape index (κ2) is 4.48. The molecule has 0 bridgehead atoms. The van der Waals surface area contributed by atoms with E-state index in [9.17, 15) is 0 Å². The Morgan fingerprint density at radius 2 is 0.944 bits per heavy atom. The molecular weight excluding hydrogens is 352 g/mol. The molecule has 4 rings (SSSR count). The van der Waals surface area contributed by atoms with Gasteiger partial charge in [0.05, 0.1) is 0 Å². The van der Waals surface area contributed by atoms with Gasteiger partial charge in [-0.3, -0.25) is 0 Å². The van der Waals surface area contributed by atoms with Crippen LogP contribution < -0.4 is 0 Å². The van der Waals surface area contributed by atoms with Crippen LogP contribution in [0.15, 0.2) is 24.3 Å². The number of alkyl halides is 2. The van der Waals surface area contributed by atoms with E-state index in [-0.39, 0.29) is 0 Å². The van der Waals surface area contributed by atoms with Gasteiger partial charge >= 0.3 is 0 Å². The van der Waals surface area contributed by atoms with Crippen molar-refractivity contribution < 1.29 is 0 Å². The minimum Gasteiger partial charge on any atom is -0.0928 e. The first kappa shape index (κ1) is 12.2. The van der Waals surface area contributed by atoms with Crippen LogP contribution in [0.3, 0.4) is 0 Å². The molecule has 0 heterocycles. The molecule has 4 aliphatic rings. The Labute approximate surface area is 127 Å². The third-order valence-electron chi connectivity index (χ3n) is 6.20. The summed E-state index contributed by atoms with van der Waals surface area (Å²) in [6.45, 7) is 0. The minimum atomic E-state index is 0.898. The van der Waals surface area contributed by atoms with Gasteiger partial charge in [-0.15, -0.1) is 0 Å². The first-order valence-corrected chi connectivity index (χ1v) is 9.59. The second-order valence-corrected chi connectivity index (χ2v) is 8.10. The number of hydrogen-bond acceptors (Lipinski definition) is 0. The fraction of sp³-hybridized carbons (Fsp3) is 0.750. The van der Waals surface area contributed by atoms with Gasteiger partial charge in [0.1, 0.15) is 0 Å². The molecule has 0 radical (unpaired) electrons. The lowest BCUT2D eigenvalue weighted by molar-refractivity contribution is 0.287. The van der Waals surface area contributed by atoms with Gasteiger partial charge in [0.25, 0.3) is 0 Å². The molecule has 0 saturated heterocycles. The second-order valence-electron chi connectivity index (χ2n) is 6.52. The molecule has 98 valence electrons. The van der Waals surface area contributed by atoms with Gasteiger partial charge in [-0.25, -0.2) is 0 Å². The lowest BCUT2D eigenvalue weighted by Crippen LogP contribution is -2.19. The van der Waals surface area contributed by atoms with E-state index in [0.717, 1.165) is 47.3 Å². The third-order valence-corrected chi connectivity index (χ3v) is 7.11. The van der Waals surface area contributed by atoms with Crippen LogP contribution in [0, 0.1) is 47.3 Å². The Hall–Kier alpha value is 0.440. The zero-order valence-electron chi connectivity index (χ0n) is 10.5. The van der Waals surface area contributed by atoms with Gasteiger partial charge < -0.3 is 0 Å². The maximum atomic E-state index is 3.66. The molecule has 0 nitrogen and oxygen atoms in total. The van der Waals surface area contributed by atoms with Crippen LogP contribution in [0.1, 0.15) is 12.8 Å². The van der Waals surface area contributed by atoms with Crippen molar-refractivity contribution in [3.8, 4) is 0 Å². The highest BCUT2D eigenvalue weighted by molar-refractivity contribution is 9.09. The van der Waals surface area contributed by atoms with Crippen molar-refractivity contribution in [2.24, 2.45) is 47.3 Å². The maximum Gasteiger partial charge on any atom is 0.00343 e. The lowest BCUT2D eigenvalue weighted by Gasteiger charge is -2.24. The Balaban J connectivity index is 1.68. The van der Waals surface area contributed by atoms with Crippen LogP contribution in [0.2, 0.25) is 0 Å². The van der Waals surface area contributed by atoms with Gasteiger partial charge in [-0.1, -0.05) is 56.2 Å². The SMILES string of the molecule is BrCCC1C2C=CC3C(CCBr)C4C=CC1C4C23. The van der Waals surface area contributed by atoms with E-state index in [1.165, 1.54) is 23.5 Å². The van der Waals surface area contributed by atoms with E-state index < -0.39 is 0 Å². The minimum absolute atomic E-state index is 0.898. The van der Waals surface area contributed by atoms with Crippen LogP contribution in [-0.4, -0.2) is 10.7 Å². The molecule has 4 atom stereocenters. The third kappa shape index (κ3) is 1.43. The molecule has 0 aliphatic heterocycles. The fourth-order valence-electron chi connectivity index (χ4n) is 5.81. The highest BCUT2D eigenvalue weighted by atomic mass is 79.9. The van der Waals surface area contributed by atoms with Crippen molar-refractivity contribution in [3.05, 3.63) is 24.3 Å². The molecular formula is C16H20Br2. The number of hydrogen-bond donors (Lipinski definition) is 0. The average molecular weight is 372 g/mol. The van der Waals surface area contributed by atoms with Gasteiger partial charge in [-0.2, -0.15) is 0 Å². The molecule has 0 aromatic heterocycles. The summed E-state index contributed by atoms with van der Waals surface area (Å²) in [6, 6.07) is 0. The summed E-state index contributed by atoms with van der Waals surface area (Å²) in [5.74, 6) is 7.42. The number of halogens is 2. The predicted octanol–water partition coefficient (Wildman–Crippen LogP) is 4.65. The zero-order chi connectivity index (χ0) is 12.3. The first-order chi connectivity index (χ1) is 8.86. The summed E-state index contributed by atoms with van der Waals surface area (Å²) in [5.41, 5.74) is 0. The van der Waals surface area contributed by atoms with Crippen LogP contribution in [0.5, 0.6) is 0 Å². The first-order valence-electron chi connectivity index (χ1n) is 7.35. The molecule has 0 N–H and O–H groups in total. The predicted molar refractivity (Wildman–Crippen MR) is 83.0 cm³/mol. The molecule has 2 saturated carbocycles. The Morgan fingerprint density at radius 1 is 0.611 bits per heavy atom. The van der Waals surface area contributed by atoms with E-state index in [0.29, 0.717) is 0 Å². The highest BCUT2D eigenvalue weighted by Gasteiger charge is 2.63. The normalized spacial score (nSPS) is 54.6. The largest absolute Gasteiger partial charge is 0.0928 e. The van der Waals surface area contributed by atoms with Gasteiger partial charge in [0, 0.05) is 10.7 Å². The molecule has 18 heavy (non-hydrogen) atoms. The van der Waals surface area contributed by atoms with Crippen molar-refractivity contribution >= 4 is 31.9 Å². The van der Waals surface area contributed by atoms with E-state index in [1.807, 2.05) is 0 Å². The highest BCUT2D eigenvalue weighted by Crippen LogP contribution is 2.68. The Morgan fingerprint density at radius 3 is 1.22 bits per heavy atom. The summed E-state index contributed by atoms with van der Waals surface area (Å²) in [6.07, 6.45) is 13.1. The molecule has 0 aromatic carbocycles. The lowest BCUT2D eigenvalue weighted by atomic mass is 9.81. The summed E-state index contributed by atoms with van der Waals surface area (Å²) in [7, 11) is 0. The summed E-state index contributed by atoms with van der Waals surface area (Å²) in [5, 5.41) is 2.35. The quantitative estimate of drug-likeness (QED) is 0.498. The molecule has 4 unspecified atom stereocenters. The van der Waals surface area contributed by atoms with Crippen LogP contribution in [-0.2, 0) is 0 Å². The standard InChI is InChI=1S/C16H20Br2/c17-7-5-9-11-1-2-12-10(6-8-18)14-4-3-13(9)16(14)15(11)12/h1-4,9-16H,5-8H2. The molecule has 2 heteroatoms. The maximum absolute atomic E-state index is 3.66. The van der Waals surface area contributed by atoms with Crippen molar-refractivity contribution in [2.75, 3.05) is 10.7 Å². The van der Waals surface area contributed by atoms with E-state index >= 15 is 0 Å². The van der Waals surface area contributed by atoms with Crippen LogP contribution in [0.25, 0.3) is 0 Å². The van der Waals surface area contributed by atoms with E-state index in [4.69, 9.17) is 0 Å². The number of rotatable bonds is 4. The summed E-state index contributed by atoms with van der Waals surface area (Å²) < 4.78 is 0. The van der Waals surface area contributed by atoms with Crippen molar-refractivity contribution in [1.82, 2.24) is 0 Å². The Bertz CT molecular complexity index is 334. The van der Waals surface area contributed by atoms with Crippen molar-refractivity contribution in [1.29, 1.82) is 0 Å². The van der Waals surface area contributed by atoms with Crippen molar-refractivity contribution in [3.63, 3.8) is 0 Å². The van der Waals surface area contributed by atoms with Crippen molar-refractivity contribution in [2.45, 2.75) is 12.8 Å². The van der Waals surface area contributed by atoms with Crippen LogP contribution >= 0.6 is 31.9 Å². The Kier molecular flexibility index (Phi) is 3.04. The summed E-state index contributed by atoms with van der Waals surface area (Å²) >= 11 is 7.32. The van der Waals surface area contributed by atoms with Gasteiger partial charge in [0.15, 0.2) is 0 Å².